The van der Waals surface area contributed by atoms with Crippen molar-refractivity contribution in [2.75, 3.05) is 13.2 Å². The maximum absolute atomic E-state index is 13.8. The van der Waals surface area contributed by atoms with E-state index in [1.807, 2.05) is 0 Å². The molecular formula is C21H20F3N3O5. The van der Waals surface area contributed by atoms with Crippen LogP contribution in [0.2, 0.25) is 0 Å². The van der Waals surface area contributed by atoms with Gasteiger partial charge in [-0.15, -0.1) is 0 Å². The van der Waals surface area contributed by atoms with Crippen LogP contribution in [0.5, 0.6) is 5.75 Å². The van der Waals surface area contributed by atoms with Crippen molar-refractivity contribution < 1.29 is 32.6 Å². The van der Waals surface area contributed by atoms with Crippen LogP contribution in [0.1, 0.15) is 46.3 Å². The van der Waals surface area contributed by atoms with Crippen molar-refractivity contribution >= 4 is 11.8 Å². The zero-order valence-corrected chi connectivity index (χ0v) is 17.2. The minimum atomic E-state index is -1.20. The number of rotatable bonds is 3. The third kappa shape index (κ3) is 3.52. The van der Waals surface area contributed by atoms with E-state index in [1.54, 1.807) is 13.8 Å². The lowest BCUT2D eigenvalue weighted by atomic mass is 10.0. The number of hydrogen-bond donors (Lipinski definition) is 2. The summed E-state index contributed by atoms with van der Waals surface area (Å²) in [6.45, 7) is 3.42. The number of aromatic hydroxyl groups is 1. The number of fused-ring (bicyclic) bond motifs is 4. The van der Waals surface area contributed by atoms with Gasteiger partial charge < -0.3 is 24.6 Å². The molecule has 2 aliphatic rings. The second-order valence-electron chi connectivity index (χ2n) is 7.92. The third-order valence-corrected chi connectivity index (χ3v) is 5.87. The molecule has 0 spiro atoms. The van der Waals surface area contributed by atoms with E-state index in [-0.39, 0.29) is 24.9 Å². The summed E-state index contributed by atoms with van der Waals surface area (Å²) in [5.41, 5.74) is -2.45. The van der Waals surface area contributed by atoms with E-state index in [1.165, 1.54) is 9.47 Å². The second-order valence-corrected chi connectivity index (χ2v) is 7.92. The van der Waals surface area contributed by atoms with Crippen LogP contribution in [0, 0.1) is 17.5 Å². The monoisotopic (exact) mass is 451 g/mol. The molecule has 2 amide bonds. The lowest BCUT2D eigenvalue weighted by Gasteiger charge is -2.37. The number of hydrogen-bond acceptors (Lipinski definition) is 5. The number of benzene rings is 1. The van der Waals surface area contributed by atoms with Crippen LogP contribution >= 0.6 is 0 Å². The maximum Gasteiger partial charge on any atom is 0.274 e. The summed E-state index contributed by atoms with van der Waals surface area (Å²) in [5.74, 6) is -5.98. The highest BCUT2D eigenvalue weighted by atomic mass is 19.1. The van der Waals surface area contributed by atoms with E-state index >= 15 is 0 Å². The van der Waals surface area contributed by atoms with E-state index in [0.717, 1.165) is 6.20 Å². The molecule has 1 aromatic heterocycles. The van der Waals surface area contributed by atoms with Gasteiger partial charge in [0.15, 0.2) is 11.4 Å². The third-order valence-electron chi connectivity index (χ3n) is 5.87. The number of amides is 2. The lowest BCUT2D eigenvalue weighted by molar-refractivity contribution is 0.0400. The molecule has 2 N–H and O–H groups in total. The number of carbonyl (C=O) groups is 2. The van der Waals surface area contributed by atoms with Gasteiger partial charge in [-0.3, -0.25) is 14.4 Å². The first-order valence-corrected chi connectivity index (χ1v) is 9.92. The van der Waals surface area contributed by atoms with Crippen LogP contribution in [0.3, 0.4) is 0 Å². The topological polar surface area (TPSA) is 101 Å². The van der Waals surface area contributed by atoms with Crippen molar-refractivity contribution in [2.45, 2.75) is 38.6 Å². The Hall–Kier alpha value is -3.34. The molecule has 3 atom stereocenters. The number of pyridine rings is 1. The summed E-state index contributed by atoms with van der Waals surface area (Å²) in [5, 5.41) is 12.7. The Kier molecular flexibility index (Phi) is 5.45. The number of nitrogens with zero attached hydrogens (tertiary/aromatic N) is 2. The molecule has 8 nitrogen and oxygen atoms in total. The predicted octanol–water partition coefficient (Wildman–Crippen LogP) is 1.71. The molecule has 32 heavy (non-hydrogen) atoms. The first kappa shape index (κ1) is 21.9. The molecule has 2 aromatic rings. The molecule has 2 bridgehead atoms. The van der Waals surface area contributed by atoms with Gasteiger partial charge in [0.25, 0.3) is 11.8 Å². The molecule has 2 aliphatic heterocycles. The SMILES string of the molecule is CC1OCC(C)N2CC1n1cc(C(=O)NCc3c(F)cc(F)cc3F)c(=O)c(O)c1C2=O. The number of aromatic nitrogens is 1. The van der Waals surface area contributed by atoms with E-state index in [2.05, 4.69) is 5.32 Å². The largest absolute Gasteiger partial charge is 0.503 e. The fourth-order valence-electron chi connectivity index (χ4n) is 4.01. The Morgan fingerprint density at radius 1 is 1.22 bits per heavy atom. The average Bonchev–Trinajstić information content (AvgIpc) is 2.85. The Bertz CT molecular complexity index is 1160. The average molecular weight is 451 g/mol. The van der Waals surface area contributed by atoms with Gasteiger partial charge in [-0.05, 0) is 13.8 Å². The standard InChI is InChI=1S/C21H20F3N3O5/c1-9-8-32-10(2)16-7-26(9)21(31)17-19(29)18(28)13(6-27(16)17)20(30)25-5-12-14(23)3-11(22)4-15(12)24/h3-4,6,9-10,16,29H,5,7-8H2,1-2H3,(H,25,30). The molecule has 3 unspecified atom stereocenters. The molecule has 4 rings (SSSR count). The normalized spacial score (nSPS) is 22.3. The number of carbonyl (C=O) groups excluding carboxylic acids is 2. The first-order valence-electron chi connectivity index (χ1n) is 9.92. The number of nitrogens with one attached hydrogen (secondary N) is 1. The molecule has 0 aliphatic carbocycles. The van der Waals surface area contributed by atoms with Crippen molar-refractivity contribution in [3.8, 4) is 5.75 Å². The molecule has 1 saturated heterocycles. The van der Waals surface area contributed by atoms with Crippen LogP contribution < -0.4 is 10.7 Å². The van der Waals surface area contributed by atoms with Crippen molar-refractivity contribution in [1.82, 2.24) is 14.8 Å². The molecule has 0 radical (unpaired) electrons. The lowest BCUT2D eigenvalue weighted by Crippen LogP contribution is -2.49. The zero-order chi connectivity index (χ0) is 23.3. The smallest absolute Gasteiger partial charge is 0.274 e. The van der Waals surface area contributed by atoms with Crippen molar-refractivity contribution in [3.05, 3.63) is 62.8 Å². The highest BCUT2D eigenvalue weighted by Gasteiger charge is 2.41. The summed E-state index contributed by atoms with van der Waals surface area (Å²) < 4.78 is 47.8. The summed E-state index contributed by atoms with van der Waals surface area (Å²) >= 11 is 0. The summed E-state index contributed by atoms with van der Waals surface area (Å²) in [6, 6.07) is 0.186. The van der Waals surface area contributed by atoms with Crippen LogP contribution in [-0.2, 0) is 11.3 Å². The Morgan fingerprint density at radius 2 is 1.88 bits per heavy atom. The van der Waals surface area contributed by atoms with E-state index < -0.39 is 70.3 Å². The molecule has 1 fully saturated rings. The summed E-state index contributed by atoms with van der Waals surface area (Å²) in [6.07, 6.45) is 0.745. The van der Waals surface area contributed by atoms with Gasteiger partial charge in [0, 0.05) is 37.0 Å². The first-order chi connectivity index (χ1) is 15.1. The quantitative estimate of drug-likeness (QED) is 0.740. The van der Waals surface area contributed by atoms with Crippen LogP contribution in [0.4, 0.5) is 13.2 Å². The molecule has 11 heteroatoms. The zero-order valence-electron chi connectivity index (χ0n) is 17.2. The van der Waals surface area contributed by atoms with Crippen molar-refractivity contribution in [3.63, 3.8) is 0 Å². The minimum absolute atomic E-state index is 0.248. The fourth-order valence-corrected chi connectivity index (χ4v) is 4.01. The second kappa shape index (κ2) is 7.97. The van der Waals surface area contributed by atoms with Gasteiger partial charge in [-0.25, -0.2) is 13.2 Å². The number of halogens is 3. The summed E-state index contributed by atoms with van der Waals surface area (Å²) in [7, 11) is 0. The van der Waals surface area contributed by atoms with Crippen LogP contribution in [-0.4, -0.2) is 51.7 Å². The van der Waals surface area contributed by atoms with Gasteiger partial charge in [-0.2, -0.15) is 0 Å². The van der Waals surface area contributed by atoms with Crippen LogP contribution in [0.15, 0.2) is 23.1 Å². The molecule has 1 aromatic carbocycles. The van der Waals surface area contributed by atoms with Gasteiger partial charge in [-0.1, -0.05) is 0 Å². The van der Waals surface area contributed by atoms with Crippen molar-refractivity contribution in [2.24, 2.45) is 0 Å². The molecule has 3 heterocycles. The Morgan fingerprint density at radius 3 is 2.53 bits per heavy atom. The van der Waals surface area contributed by atoms with E-state index in [9.17, 15) is 32.7 Å². The number of ether oxygens (including phenoxy) is 1. The van der Waals surface area contributed by atoms with Gasteiger partial charge in [0.2, 0.25) is 5.43 Å². The highest BCUT2D eigenvalue weighted by Crippen LogP contribution is 2.32. The van der Waals surface area contributed by atoms with E-state index in [0.29, 0.717) is 12.1 Å². The molecular weight excluding hydrogens is 431 g/mol. The molecule has 170 valence electrons. The van der Waals surface area contributed by atoms with Gasteiger partial charge in [0.05, 0.1) is 24.8 Å². The fraction of sp³-hybridized carbons (Fsp3) is 0.381. The van der Waals surface area contributed by atoms with Gasteiger partial charge >= 0.3 is 0 Å². The Balaban J connectivity index is 1.70. The van der Waals surface area contributed by atoms with Crippen LogP contribution in [0.25, 0.3) is 0 Å². The summed E-state index contributed by atoms with van der Waals surface area (Å²) in [4.78, 5) is 39.7. The van der Waals surface area contributed by atoms with Crippen molar-refractivity contribution in [1.29, 1.82) is 0 Å². The van der Waals surface area contributed by atoms with Gasteiger partial charge in [0.1, 0.15) is 23.0 Å². The Labute approximate surface area is 180 Å². The minimum Gasteiger partial charge on any atom is -0.503 e. The molecule has 0 saturated carbocycles. The maximum atomic E-state index is 13.8. The predicted molar refractivity (Wildman–Crippen MR) is 105 cm³/mol. The highest BCUT2D eigenvalue weighted by molar-refractivity contribution is 5.99. The van der Waals surface area contributed by atoms with E-state index in [4.69, 9.17) is 4.74 Å².